The smallest absolute Gasteiger partial charge is 0.353 e. The molecule has 1 amide bonds. The van der Waals surface area contributed by atoms with Gasteiger partial charge >= 0.3 is 5.97 Å². The van der Waals surface area contributed by atoms with Crippen LogP contribution >= 0.6 is 11.8 Å². The van der Waals surface area contributed by atoms with E-state index in [4.69, 9.17) is 5.73 Å². The first-order valence-electron chi connectivity index (χ1n) is 5.69. The Bertz CT molecular complexity index is 460. The first-order chi connectivity index (χ1) is 8.49. The zero-order valence-electron chi connectivity index (χ0n) is 9.88. The number of fused-ring (bicyclic) bond motifs is 1. The molecule has 2 atom stereocenters. The SMILES string of the molecule is CCCC(=O)C1=C(C(=O)O)N2C(=O)C(N)[C@H]2SC1. The van der Waals surface area contributed by atoms with E-state index in [1.165, 1.54) is 11.8 Å². The maximum Gasteiger partial charge on any atom is 0.353 e. The van der Waals surface area contributed by atoms with E-state index in [1.54, 1.807) is 0 Å². The van der Waals surface area contributed by atoms with Crippen LogP contribution in [0.25, 0.3) is 0 Å². The molecule has 0 spiro atoms. The van der Waals surface area contributed by atoms with Crippen molar-refractivity contribution in [1.29, 1.82) is 0 Å². The van der Waals surface area contributed by atoms with Crippen LogP contribution in [0.4, 0.5) is 0 Å². The molecule has 0 aromatic carbocycles. The number of carboxylic acids is 1. The van der Waals surface area contributed by atoms with Crippen molar-refractivity contribution >= 4 is 29.4 Å². The molecule has 0 aromatic rings. The van der Waals surface area contributed by atoms with Crippen molar-refractivity contribution in [3.63, 3.8) is 0 Å². The van der Waals surface area contributed by atoms with Crippen LogP contribution in [-0.2, 0) is 14.4 Å². The number of amides is 1. The summed E-state index contributed by atoms with van der Waals surface area (Å²) in [6.07, 6.45) is 0.947. The highest BCUT2D eigenvalue weighted by Gasteiger charge is 2.52. The van der Waals surface area contributed by atoms with Gasteiger partial charge in [0.15, 0.2) is 5.78 Å². The molecule has 0 radical (unpaired) electrons. The molecule has 18 heavy (non-hydrogen) atoms. The summed E-state index contributed by atoms with van der Waals surface area (Å²) in [5.74, 6) is -1.55. The van der Waals surface area contributed by atoms with E-state index < -0.39 is 17.9 Å². The number of hydrogen-bond acceptors (Lipinski definition) is 5. The first-order valence-corrected chi connectivity index (χ1v) is 6.73. The number of β-lactam (4-membered cyclic amide) rings is 1. The average Bonchev–Trinajstić information content (AvgIpc) is 2.36. The standard InChI is InChI=1S/C11H14N2O4S/c1-2-3-6(14)5-4-18-10-7(12)9(15)13(10)8(5)11(16)17/h7,10H,2-4,12H2,1H3,(H,16,17)/t7?,10-/m1/s1. The van der Waals surface area contributed by atoms with Gasteiger partial charge < -0.3 is 10.8 Å². The lowest BCUT2D eigenvalue weighted by Crippen LogP contribution is -2.68. The van der Waals surface area contributed by atoms with E-state index in [0.29, 0.717) is 18.6 Å². The number of aliphatic carboxylic acids is 1. The highest BCUT2D eigenvalue weighted by molar-refractivity contribution is 8.00. The van der Waals surface area contributed by atoms with Gasteiger partial charge in [0.05, 0.1) is 0 Å². The van der Waals surface area contributed by atoms with E-state index in [9.17, 15) is 19.5 Å². The molecule has 2 rings (SSSR count). The van der Waals surface area contributed by atoms with Gasteiger partial charge in [0.2, 0.25) is 5.91 Å². The molecule has 1 saturated heterocycles. The van der Waals surface area contributed by atoms with Crippen LogP contribution in [0, 0.1) is 0 Å². The highest BCUT2D eigenvalue weighted by Crippen LogP contribution is 2.39. The summed E-state index contributed by atoms with van der Waals surface area (Å²) in [6, 6.07) is -0.660. The van der Waals surface area contributed by atoms with E-state index in [0.717, 1.165) is 4.90 Å². The van der Waals surface area contributed by atoms with Crippen molar-refractivity contribution in [2.45, 2.75) is 31.2 Å². The largest absolute Gasteiger partial charge is 0.477 e. The number of carbonyl (C=O) groups is 3. The third-order valence-electron chi connectivity index (χ3n) is 3.03. The number of rotatable bonds is 4. The molecule has 3 N–H and O–H groups in total. The zero-order valence-corrected chi connectivity index (χ0v) is 10.7. The minimum Gasteiger partial charge on any atom is -0.477 e. The molecular formula is C11H14N2O4S. The van der Waals surface area contributed by atoms with E-state index in [1.807, 2.05) is 6.92 Å². The van der Waals surface area contributed by atoms with Crippen LogP contribution < -0.4 is 5.73 Å². The van der Waals surface area contributed by atoms with Crippen molar-refractivity contribution in [1.82, 2.24) is 4.90 Å². The maximum atomic E-state index is 11.9. The second kappa shape index (κ2) is 4.74. The van der Waals surface area contributed by atoms with Gasteiger partial charge in [0.1, 0.15) is 17.1 Å². The summed E-state index contributed by atoms with van der Waals surface area (Å²) in [4.78, 5) is 35.9. The van der Waals surface area contributed by atoms with Gasteiger partial charge in [0.25, 0.3) is 0 Å². The molecule has 2 aliphatic heterocycles. The predicted octanol–water partition coefficient (Wildman–Crippen LogP) is -0.0633. The Morgan fingerprint density at radius 3 is 2.78 bits per heavy atom. The van der Waals surface area contributed by atoms with Crippen LogP contribution in [0.1, 0.15) is 19.8 Å². The number of nitrogens with two attached hydrogens (primary N) is 1. The van der Waals surface area contributed by atoms with E-state index in [-0.39, 0.29) is 22.4 Å². The fourth-order valence-corrected chi connectivity index (χ4v) is 3.42. The van der Waals surface area contributed by atoms with Gasteiger partial charge in [-0.05, 0) is 6.42 Å². The number of Topliss-reactive ketones (excluding diaryl/α,β-unsaturated/α-hetero) is 1. The third-order valence-corrected chi connectivity index (χ3v) is 4.33. The van der Waals surface area contributed by atoms with Crippen LogP contribution in [-0.4, -0.2) is 44.8 Å². The third kappa shape index (κ3) is 1.83. The Hall–Kier alpha value is -1.34. The molecule has 7 heteroatoms. The van der Waals surface area contributed by atoms with Crippen LogP contribution in [0.2, 0.25) is 0 Å². The Morgan fingerprint density at radius 2 is 2.22 bits per heavy atom. The number of thioether (sulfide) groups is 1. The lowest BCUT2D eigenvalue weighted by molar-refractivity contribution is -0.148. The van der Waals surface area contributed by atoms with Gasteiger partial charge in [-0.15, -0.1) is 11.8 Å². The number of carboxylic acid groups (broad SMARTS) is 1. The molecule has 0 aromatic heterocycles. The van der Waals surface area contributed by atoms with Gasteiger partial charge in [0, 0.05) is 17.7 Å². The lowest BCUT2D eigenvalue weighted by atomic mass is 10.0. The second-order valence-electron chi connectivity index (χ2n) is 4.24. The molecule has 2 aliphatic rings. The monoisotopic (exact) mass is 270 g/mol. The van der Waals surface area contributed by atoms with Crippen LogP contribution in [0.15, 0.2) is 11.3 Å². The quantitative estimate of drug-likeness (QED) is 0.694. The topological polar surface area (TPSA) is 101 Å². The minimum atomic E-state index is -1.24. The second-order valence-corrected chi connectivity index (χ2v) is 5.35. The maximum absolute atomic E-state index is 11.9. The summed E-state index contributed by atoms with van der Waals surface area (Å²) in [5, 5.41) is 8.85. The van der Waals surface area contributed by atoms with Gasteiger partial charge in [-0.3, -0.25) is 14.5 Å². The fraction of sp³-hybridized carbons (Fsp3) is 0.545. The summed E-state index contributed by atoms with van der Waals surface area (Å²) >= 11 is 1.35. The van der Waals surface area contributed by atoms with Crippen molar-refractivity contribution < 1.29 is 19.5 Å². The van der Waals surface area contributed by atoms with Gasteiger partial charge in [-0.25, -0.2) is 4.79 Å². The van der Waals surface area contributed by atoms with Crippen molar-refractivity contribution in [2.75, 3.05) is 5.75 Å². The summed E-state index contributed by atoms with van der Waals surface area (Å²) < 4.78 is 0. The molecule has 0 aliphatic carbocycles. The number of nitrogens with zero attached hydrogens (tertiary/aromatic N) is 1. The first kappa shape index (κ1) is 13.1. The Morgan fingerprint density at radius 1 is 1.56 bits per heavy atom. The lowest BCUT2D eigenvalue weighted by Gasteiger charge is -2.47. The predicted molar refractivity (Wildman–Crippen MR) is 65.6 cm³/mol. The number of ketones is 1. The number of carbonyl (C=O) groups excluding carboxylic acids is 2. The van der Waals surface area contributed by atoms with Gasteiger partial charge in [-0.2, -0.15) is 0 Å². The molecule has 98 valence electrons. The average molecular weight is 270 g/mol. The zero-order chi connectivity index (χ0) is 13.4. The molecule has 0 bridgehead atoms. The summed E-state index contributed by atoms with van der Waals surface area (Å²) in [6.45, 7) is 1.85. The van der Waals surface area contributed by atoms with Crippen LogP contribution in [0.5, 0.6) is 0 Å². The Balaban J connectivity index is 2.38. The summed E-state index contributed by atoms with van der Waals surface area (Å²) in [7, 11) is 0. The minimum absolute atomic E-state index is 0.177. The van der Waals surface area contributed by atoms with Crippen molar-refractivity contribution in [3.8, 4) is 0 Å². The Kier molecular flexibility index (Phi) is 3.45. The van der Waals surface area contributed by atoms with Crippen molar-refractivity contribution in [2.24, 2.45) is 5.73 Å². The van der Waals surface area contributed by atoms with E-state index in [2.05, 4.69) is 0 Å². The molecule has 1 fully saturated rings. The highest BCUT2D eigenvalue weighted by atomic mass is 32.2. The van der Waals surface area contributed by atoms with E-state index >= 15 is 0 Å². The normalized spacial score (nSPS) is 26.8. The van der Waals surface area contributed by atoms with Crippen molar-refractivity contribution in [3.05, 3.63) is 11.3 Å². The summed E-state index contributed by atoms with van der Waals surface area (Å²) in [5.41, 5.74) is 5.66. The molecule has 2 heterocycles. The van der Waals surface area contributed by atoms with Gasteiger partial charge in [-0.1, -0.05) is 6.92 Å². The molecule has 0 saturated carbocycles. The Labute approximate surface area is 108 Å². The molecule has 6 nitrogen and oxygen atoms in total. The molecule has 1 unspecified atom stereocenters. The molecular weight excluding hydrogens is 256 g/mol. The van der Waals surface area contributed by atoms with Crippen LogP contribution in [0.3, 0.4) is 0 Å². The fourth-order valence-electron chi connectivity index (χ4n) is 2.11. The number of hydrogen-bond donors (Lipinski definition) is 2.